The highest BCUT2D eigenvalue weighted by molar-refractivity contribution is 7.89. The van der Waals surface area contributed by atoms with E-state index in [9.17, 15) is 26.4 Å². The van der Waals surface area contributed by atoms with Crippen molar-refractivity contribution in [3.8, 4) is 0 Å². The van der Waals surface area contributed by atoms with Crippen LogP contribution in [0.1, 0.15) is 13.8 Å². The molecule has 1 rings (SSSR count). The molecule has 5 nitrogen and oxygen atoms in total. The number of hydrogen-bond donors (Lipinski definition) is 2. The molecule has 2 N–H and O–H groups in total. The van der Waals surface area contributed by atoms with E-state index in [1.165, 1.54) is 13.8 Å². The molecule has 1 atom stereocenters. The van der Waals surface area contributed by atoms with Gasteiger partial charge in [0.1, 0.15) is 23.5 Å². The third-order valence-electron chi connectivity index (χ3n) is 2.45. The van der Waals surface area contributed by atoms with Gasteiger partial charge in [-0.3, -0.25) is 4.79 Å². The third kappa shape index (κ3) is 3.48. The maximum atomic E-state index is 13.4. The molecule has 0 heterocycles. The monoisotopic (exact) mass is 311 g/mol. The molecule has 0 spiro atoms. The van der Waals surface area contributed by atoms with Crippen molar-refractivity contribution in [3.63, 3.8) is 0 Å². The summed E-state index contributed by atoms with van der Waals surface area (Å²) in [5, 5.41) is 8.86. The lowest BCUT2D eigenvalue weighted by atomic mass is 10.1. The summed E-state index contributed by atoms with van der Waals surface area (Å²) in [4.78, 5) is 9.49. The second-order valence-electron chi connectivity index (χ2n) is 4.38. The van der Waals surface area contributed by atoms with Crippen molar-refractivity contribution in [1.82, 2.24) is 4.72 Å². The van der Waals surface area contributed by atoms with Gasteiger partial charge in [0, 0.05) is 12.1 Å². The quantitative estimate of drug-likeness (QED) is 0.863. The highest BCUT2D eigenvalue weighted by atomic mass is 32.2. The number of benzene rings is 1. The maximum absolute atomic E-state index is 13.4. The van der Waals surface area contributed by atoms with E-state index in [2.05, 4.69) is 0 Å². The number of nitrogens with one attached hydrogen (secondary N) is 1. The molecule has 20 heavy (non-hydrogen) atoms. The van der Waals surface area contributed by atoms with Crippen molar-refractivity contribution in [1.29, 1.82) is 0 Å². The molecular weight excluding hydrogens is 299 g/mol. The summed E-state index contributed by atoms with van der Waals surface area (Å²) in [6.07, 6.45) is 0. The molecule has 0 aliphatic carbocycles. The fourth-order valence-electron chi connectivity index (χ4n) is 1.48. The molecule has 9 heteroatoms. The number of carbonyl (C=O) groups is 1. The molecule has 0 bridgehead atoms. The Morgan fingerprint density at radius 3 is 2.00 bits per heavy atom. The van der Waals surface area contributed by atoms with Crippen molar-refractivity contribution in [3.05, 3.63) is 29.6 Å². The van der Waals surface area contributed by atoms with Gasteiger partial charge in [0.15, 0.2) is 4.90 Å². The molecule has 112 valence electrons. The van der Waals surface area contributed by atoms with Gasteiger partial charge < -0.3 is 5.11 Å². The molecule has 0 aromatic heterocycles. The van der Waals surface area contributed by atoms with Crippen LogP contribution in [0, 0.1) is 23.4 Å². The number of halogens is 3. The number of sulfonamides is 1. The summed E-state index contributed by atoms with van der Waals surface area (Å²) in [5.41, 5.74) is 0. The second-order valence-corrected chi connectivity index (χ2v) is 6.03. The first-order valence-corrected chi connectivity index (χ1v) is 6.94. The minimum atomic E-state index is -4.78. The lowest BCUT2D eigenvalue weighted by molar-refractivity contribution is -0.140. The van der Waals surface area contributed by atoms with Crippen molar-refractivity contribution in [2.24, 2.45) is 5.92 Å². The molecule has 0 fully saturated rings. The fourth-order valence-corrected chi connectivity index (χ4v) is 2.94. The molecule has 0 saturated heterocycles. The van der Waals surface area contributed by atoms with E-state index >= 15 is 0 Å². The number of hydrogen-bond acceptors (Lipinski definition) is 3. The van der Waals surface area contributed by atoms with Gasteiger partial charge in [-0.1, -0.05) is 13.8 Å². The Hall–Kier alpha value is -1.61. The smallest absolute Gasteiger partial charge is 0.322 e. The standard InChI is InChI=1S/C11H12F3NO4S/c1-5(2)9(11(16)17)15-20(18,19)10-7(13)3-6(12)4-8(10)14/h3-5,9,15H,1-2H3,(H,16,17). The fraction of sp³-hybridized carbons (Fsp3) is 0.364. The van der Waals surface area contributed by atoms with Gasteiger partial charge in [0.2, 0.25) is 10.0 Å². The third-order valence-corrected chi connectivity index (χ3v) is 3.94. The Kier molecular flexibility index (Phi) is 4.77. The Balaban J connectivity index is 3.28. The largest absolute Gasteiger partial charge is 0.480 e. The first-order chi connectivity index (χ1) is 9.06. The first kappa shape index (κ1) is 16.4. The molecular formula is C11H12F3NO4S. The normalized spacial score (nSPS) is 13.5. The highest BCUT2D eigenvalue weighted by Crippen LogP contribution is 2.21. The number of rotatable bonds is 5. The van der Waals surface area contributed by atoms with E-state index in [-0.39, 0.29) is 12.1 Å². The molecule has 1 aromatic rings. The first-order valence-electron chi connectivity index (χ1n) is 5.46. The summed E-state index contributed by atoms with van der Waals surface area (Å²) in [5.74, 6) is -6.70. The Morgan fingerprint density at radius 1 is 1.20 bits per heavy atom. The predicted molar refractivity (Wildman–Crippen MR) is 62.9 cm³/mol. The Bertz CT molecular complexity index is 608. The summed E-state index contributed by atoms with van der Waals surface area (Å²) in [6, 6.07) is -1.17. The summed E-state index contributed by atoms with van der Waals surface area (Å²) >= 11 is 0. The minimum absolute atomic E-state index is 0.197. The number of carboxylic acids is 1. The van der Waals surface area contributed by atoms with Crippen molar-refractivity contribution < 1.29 is 31.5 Å². The van der Waals surface area contributed by atoms with Crippen LogP contribution in [0.4, 0.5) is 13.2 Å². The minimum Gasteiger partial charge on any atom is -0.480 e. The van der Waals surface area contributed by atoms with Gasteiger partial charge in [-0.2, -0.15) is 4.72 Å². The molecule has 0 saturated carbocycles. The molecule has 0 radical (unpaired) electrons. The van der Waals surface area contributed by atoms with Gasteiger partial charge in [0.05, 0.1) is 0 Å². The van der Waals surface area contributed by atoms with Crippen LogP contribution in [0.25, 0.3) is 0 Å². The maximum Gasteiger partial charge on any atom is 0.322 e. The van der Waals surface area contributed by atoms with Crippen LogP contribution in [0.2, 0.25) is 0 Å². The van der Waals surface area contributed by atoms with Gasteiger partial charge in [-0.25, -0.2) is 21.6 Å². The average Bonchev–Trinajstić information content (AvgIpc) is 2.23. The van der Waals surface area contributed by atoms with Crippen LogP contribution in [0.15, 0.2) is 17.0 Å². The predicted octanol–water partition coefficient (Wildman–Crippen LogP) is 1.49. The SMILES string of the molecule is CC(C)C(NS(=O)(=O)c1c(F)cc(F)cc1F)C(=O)O. The van der Waals surface area contributed by atoms with Gasteiger partial charge in [-0.05, 0) is 5.92 Å². The highest BCUT2D eigenvalue weighted by Gasteiger charge is 2.32. The van der Waals surface area contributed by atoms with E-state index in [0.717, 1.165) is 0 Å². The van der Waals surface area contributed by atoms with Crippen LogP contribution in [-0.4, -0.2) is 25.5 Å². The molecule has 0 aliphatic rings. The van der Waals surface area contributed by atoms with Gasteiger partial charge >= 0.3 is 5.97 Å². The topological polar surface area (TPSA) is 83.5 Å². The zero-order valence-corrected chi connectivity index (χ0v) is 11.3. The summed E-state index contributed by atoms with van der Waals surface area (Å²) in [6.45, 7) is 2.83. The van der Waals surface area contributed by atoms with Crippen LogP contribution in [0.5, 0.6) is 0 Å². The second kappa shape index (κ2) is 5.80. The van der Waals surface area contributed by atoms with E-state index in [1.807, 2.05) is 0 Å². The molecule has 1 unspecified atom stereocenters. The number of carboxylic acid groups (broad SMARTS) is 1. The summed E-state index contributed by atoms with van der Waals surface area (Å²) < 4.78 is 64.9. The van der Waals surface area contributed by atoms with Crippen LogP contribution >= 0.6 is 0 Å². The lowest BCUT2D eigenvalue weighted by Crippen LogP contribution is -2.44. The van der Waals surface area contributed by atoms with Crippen molar-refractivity contribution >= 4 is 16.0 Å². The van der Waals surface area contributed by atoms with E-state index in [0.29, 0.717) is 0 Å². The molecule has 0 amide bonds. The van der Waals surface area contributed by atoms with Crippen LogP contribution in [-0.2, 0) is 14.8 Å². The molecule has 1 aromatic carbocycles. The Labute approximate surface area is 113 Å². The van der Waals surface area contributed by atoms with Crippen LogP contribution < -0.4 is 4.72 Å². The van der Waals surface area contributed by atoms with E-state index in [1.54, 1.807) is 4.72 Å². The van der Waals surface area contributed by atoms with Crippen molar-refractivity contribution in [2.45, 2.75) is 24.8 Å². The van der Waals surface area contributed by atoms with E-state index in [4.69, 9.17) is 5.11 Å². The summed E-state index contributed by atoms with van der Waals surface area (Å²) in [7, 11) is -4.78. The number of aliphatic carboxylic acids is 1. The van der Waals surface area contributed by atoms with Gasteiger partial charge in [0.25, 0.3) is 0 Å². The van der Waals surface area contributed by atoms with Gasteiger partial charge in [-0.15, -0.1) is 0 Å². The van der Waals surface area contributed by atoms with Crippen molar-refractivity contribution in [2.75, 3.05) is 0 Å². The Morgan fingerprint density at radius 2 is 1.65 bits per heavy atom. The molecule has 0 aliphatic heterocycles. The zero-order valence-electron chi connectivity index (χ0n) is 10.5. The average molecular weight is 311 g/mol. The van der Waals surface area contributed by atoms with E-state index < -0.39 is 50.3 Å². The lowest BCUT2D eigenvalue weighted by Gasteiger charge is -2.18. The van der Waals surface area contributed by atoms with Crippen LogP contribution in [0.3, 0.4) is 0 Å². The zero-order chi connectivity index (χ0) is 15.7.